The summed E-state index contributed by atoms with van der Waals surface area (Å²) in [6.45, 7) is -2.27. The fourth-order valence-corrected chi connectivity index (χ4v) is 8.79. The maximum Gasteiger partial charge on any atom is 0.137 e. The van der Waals surface area contributed by atoms with Gasteiger partial charge in [0.1, 0.15) is 5.82 Å². The first-order valence-corrected chi connectivity index (χ1v) is 18.1. The van der Waals surface area contributed by atoms with E-state index in [1.807, 2.05) is 64.7 Å². The molecule has 256 valence electrons. The van der Waals surface area contributed by atoms with E-state index in [9.17, 15) is 0 Å². The molecule has 0 bridgehead atoms. The average molecular weight is 698 g/mol. The summed E-state index contributed by atoms with van der Waals surface area (Å²) in [5.41, 5.74) is 12.0. The number of rotatable bonds is 5. The molecule has 0 spiro atoms. The Hall–Kier alpha value is -6.95. The zero-order valence-corrected chi connectivity index (χ0v) is 29.1. The molecule has 5 heteroatoms. The van der Waals surface area contributed by atoms with Crippen LogP contribution in [0.4, 0.5) is 22.7 Å². The van der Waals surface area contributed by atoms with Crippen molar-refractivity contribution in [1.29, 1.82) is 0 Å². The molecule has 1 aliphatic heterocycles. The molecule has 11 rings (SSSR count). The van der Waals surface area contributed by atoms with Crippen LogP contribution in [-0.4, -0.2) is 9.55 Å². The highest BCUT2D eigenvalue weighted by Crippen LogP contribution is 2.57. The van der Waals surface area contributed by atoms with Crippen LogP contribution in [0.1, 0.15) is 31.9 Å². The Morgan fingerprint density at radius 1 is 0.519 bits per heavy atom. The molecule has 0 atom stereocenters. The van der Waals surface area contributed by atoms with Crippen molar-refractivity contribution < 1.29 is 9.05 Å². The van der Waals surface area contributed by atoms with Gasteiger partial charge in [0.15, 0.2) is 0 Å². The van der Waals surface area contributed by atoms with E-state index in [1.54, 1.807) is 18.3 Å². The lowest BCUT2D eigenvalue weighted by atomic mass is 9.67. The van der Waals surface area contributed by atoms with Crippen LogP contribution in [0.3, 0.4) is 0 Å². The van der Waals surface area contributed by atoms with E-state index in [0.717, 1.165) is 55.7 Å². The van der Waals surface area contributed by atoms with Crippen LogP contribution in [0.2, 0.25) is 0 Å². The normalized spacial score (nSPS) is 15.1. The first kappa shape index (κ1) is 27.7. The van der Waals surface area contributed by atoms with Crippen LogP contribution >= 0.6 is 0 Å². The molecular weight excluding hydrogens is 661 g/mol. The third-order valence-electron chi connectivity index (χ3n) is 11.0. The predicted octanol–water partition coefficient (Wildman–Crippen LogP) is 12.0. The summed E-state index contributed by atoms with van der Waals surface area (Å²) in [7, 11) is 0. The third kappa shape index (κ3) is 4.33. The second-order valence-electron chi connectivity index (χ2n) is 13.9. The van der Waals surface area contributed by atoms with Gasteiger partial charge in [-0.3, -0.25) is 4.57 Å². The van der Waals surface area contributed by atoms with Gasteiger partial charge in [0, 0.05) is 21.1 Å². The van der Waals surface area contributed by atoms with Gasteiger partial charge in [-0.15, -0.1) is 4.94 Å². The van der Waals surface area contributed by atoms with Gasteiger partial charge in [-0.1, -0.05) is 121 Å². The van der Waals surface area contributed by atoms with E-state index in [0.29, 0.717) is 5.82 Å². The number of hydrogen-bond acceptors (Lipinski definition) is 4. The summed E-state index contributed by atoms with van der Waals surface area (Å²) in [5.74, 6) is 0.558. The molecular formula is C49H34N4O. The highest BCUT2D eigenvalue weighted by Gasteiger charge is 2.46. The van der Waals surface area contributed by atoms with E-state index in [-0.39, 0.29) is 5.56 Å². The lowest BCUT2D eigenvalue weighted by molar-refractivity contribution is 0.156. The molecule has 5 nitrogen and oxygen atoms in total. The molecule has 9 aromatic rings. The molecule has 0 saturated carbocycles. The van der Waals surface area contributed by atoms with Crippen LogP contribution in [0.15, 0.2) is 188 Å². The van der Waals surface area contributed by atoms with Gasteiger partial charge >= 0.3 is 0 Å². The number of aryl methyl sites for hydroxylation is 1. The summed E-state index contributed by atoms with van der Waals surface area (Å²) in [5, 5.41) is 5.91. The van der Waals surface area contributed by atoms with Crippen LogP contribution < -0.4 is 10.1 Å². The van der Waals surface area contributed by atoms with E-state index in [4.69, 9.17) is 14.0 Å². The minimum Gasteiger partial charge on any atom is -0.294 e. The predicted molar refractivity (Wildman–Crippen MR) is 219 cm³/mol. The lowest BCUT2D eigenvalue weighted by Gasteiger charge is -2.34. The van der Waals surface area contributed by atoms with Crippen molar-refractivity contribution in [2.24, 2.45) is 0 Å². The fourth-order valence-electron chi connectivity index (χ4n) is 8.79. The number of para-hydroxylation sites is 4. The van der Waals surface area contributed by atoms with Crippen LogP contribution in [0, 0.1) is 6.85 Å². The number of aromatic nitrogens is 2. The van der Waals surface area contributed by atoms with Crippen molar-refractivity contribution in [2.45, 2.75) is 12.3 Å². The minimum atomic E-state index is -2.27. The van der Waals surface area contributed by atoms with E-state index in [1.165, 1.54) is 22.3 Å². The molecule has 0 saturated heterocycles. The number of fused-ring (bicyclic) bond motifs is 7. The van der Waals surface area contributed by atoms with Crippen molar-refractivity contribution in [2.75, 3.05) is 10.1 Å². The summed E-state index contributed by atoms with van der Waals surface area (Å²) in [6, 6.07) is 62.7. The second-order valence-corrected chi connectivity index (χ2v) is 13.9. The monoisotopic (exact) mass is 697 g/mol. The van der Waals surface area contributed by atoms with Crippen LogP contribution in [-0.2, 0) is 10.4 Å². The Labute approximate surface area is 317 Å². The van der Waals surface area contributed by atoms with Gasteiger partial charge in [0.05, 0.1) is 39.2 Å². The van der Waals surface area contributed by atoms with Crippen molar-refractivity contribution in [3.8, 4) is 16.9 Å². The molecule has 0 unspecified atom stereocenters. The zero-order chi connectivity index (χ0) is 38.3. The molecule has 54 heavy (non-hydrogen) atoms. The van der Waals surface area contributed by atoms with Gasteiger partial charge in [0.25, 0.3) is 0 Å². The highest BCUT2D eigenvalue weighted by molar-refractivity contribution is 6.09. The van der Waals surface area contributed by atoms with E-state index >= 15 is 0 Å². The first-order chi connectivity index (χ1) is 27.9. The number of hydrogen-bond donors (Lipinski definition) is 0. The summed E-state index contributed by atoms with van der Waals surface area (Å²) >= 11 is 0. The molecule has 3 heterocycles. The van der Waals surface area contributed by atoms with Gasteiger partial charge < -0.3 is 0 Å². The zero-order valence-electron chi connectivity index (χ0n) is 32.1. The number of benzene rings is 7. The molecule has 0 amide bonds. The maximum absolute atomic E-state index is 8.18. The average Bonchev–Trinajstić information content (AvgIpc) is 3.91. The summed E-state index contributed by atoms with van der Waals surface area (Å²) in [4.78, 5) is 11.5. The molecule has 0 radical (unpaired) electrons. The maximum atomic E-state index is 8.18. The smallest absolute Gasteiger partial charge is 0.137 e. The topological polar surface area (TPSA) is 33.5 Å². The van der Waals surface area contributed by atoms with Crippen molar-refractivity contribution >= 4 is 44.6 Å². The Bertz CT molecular complexity index is 2980. The molecule has 1 aliphatic carbocycles. The molecule has 0 fully saturated rings. The largest absolute Gasteiger partial charge is 0.294 e. The Kier molecular flexibility index (Phi) is 6.04. The highest BCUT2D eigenvalue weighted by atomic mass is 16.8. The summed E-state index contributed by atoms with van der Waals surface area (Å²) < 4.78 is 26.7. The second kappa shape index (κ2) is 11.8. The van der Waals surface area contributed by atoms with Gasteiger partial charge in [-0.2, -0.15) is 10.1 Å². The SMILES string of the molecule is [2H]C([2H])([2H])c1ccnc(-n2c3ccccc3c3ccc(C4(c5cccc(N6ON(c7ccccc7)c7ccccc76)c5)c5ccccc5-c5ccccc54)cc32)c1. The van der Waals surface area contributed by atoms with Crippen molar-refractivity contribution in [3.63, 3.8) is 0 Å². The third-order valence-corrected chi connectivity index (χ3v) is 11.0. The molecule has 7 aromatic carbocycles. The number of anilines is 4. The quantitative estimate of drug-likeness (QED) is 0.179. The van der Waals surface area contributed by atoms with Crippen molar-refractivity contribution in [1.82, 2.24) is 9.55 Å². The molecule has 2 aliphatic rings. The number of pyridine rings is 1. The number of nitrogens with zero attached hydrogens (tertiary/aromatic N) is 4. The standard InChI is InChI=1S/C49H34N4O/c1-33-28-29-50-48(30-33)51-44-23-10-7-20-40(44)41-27-26-35(32-47(41)51)49(42-21-8-5-18-38(42)39-19-6-9-22-43(39)49)34-14-13-17-37(31-34)53-46-25-12-11-24-45(46)52(54-53)36-15-3-2-4-16-36/h2-32H,1H3/i1D3. The Morgan fingerprint density at radius 3 is 1.93 bits per heavy atom. The van der Waals surface area contributed by atoms with E-state index in [2.05, 4.69) is 120 Å². The van der Waals surface area contributed by atoms with Gasteiger partial charge in [-0.05, 0) is 106 Å². The van der Waals surface area contributed by atoms with Gasteiger partial charge in [0.2, 0.25) is 0 Å². The Morgan fingerprint density at radius 2 is 1.15 bits per heavy atom. The van der Waals surface area contributed by atoms with Crippen LogP contribution in [0.5, 0.6) is 0 Å². The van der Waals surface area contributed by atoms with Crippen molar-refractivity contribution in [3.05, 3.63) is 216 Å². The minimum absolute atomic E-state index is 0.248. The van der Waals surface area contributed by atoms with Gasteiger partial charge in [-0.25, -0.2) is 4.98 Å². The molecule has 0 N–H and O–H groups in total. The van der Waals surface area contributed by atoms with Crippen LogP contribution in [0.25, 0.3) is 38.8 Å². The van der Waals surface area contributed by atoms with E-state index < -0.39 is 12.3 Å². The Balaban J connectivity index is 1.17. The lowest BCUT2D eigenvalue weighted by Crippen LogP contribution is -2.29. The summed E-state index contributed by atoms with van der Waals surface area (Å²) in [6.07, 6.45) is 1.59. The first-order valence-electron chi connectivity index (χ1n) is 19.6. The molecule has 2 aromatic heterocycles. The fraction of sp³-hybridized carbons (Fsp3) is 0.0408.